The summed E-state index contributed by atoms with van der Waals surface area (Å²) in [7, 11) is 0. The number of benzene rings is 2. The van der Waals surface area contributed by atoms with E-state index in [9.17, 15) is 10.1 Å². The van der Waals surface area contributed by atoms with Gasteiger partial charge in [-0.15, -0.1) is 0 Å². The number of nitriles is 1. The van der Waals surface area contributed by atoms with Crippen molar-refractivity contribution in [3.63, 3.8) is 0 Å². The minimum atomic E-state index is -0.701. The lowest BCUT2D eigenvalue weighted by Crippen LogP contribution is -2.26. The molecule has 2 heterocycles. The molecule has 2 aromatic carbocycles. The van der Waals surface area contributed by atoms with Crippen LogP contribution in [0.2, 0.25) is 5.02 Å². The van der Waals surface area contributed by atoms with Gasteiger partial charge in [0, 0.05) is 5.02 Å². The van der Waals surface area contributed by atoms with Crippen molar-refractivity contribution in [3.8, 4) is 12.0 Å². The normalized spacial score (nSPS) is 16.2. The number of hydrogen-bond donors (Lipinski definition) is 1. The number of allylic oxidation sites excluding steroid dienone is 1. The Morgan fingerprint density at radius 2 is 1.96 bits per heavy atom. The number of fused-ring (bicyclic) bond motifs is 2. The van der Waals surface area contributed by atoms with Gasteiger partial charge in [-0.1, -0.05) is 35.9 Å². The number of nitrogens with zero attached hydrogens (tertiary/aromatic N) is 1. The Labute approximate surface area is 147 Å². The minimum Gasteiger partial charge on any atom is -0.425 e. The zero-order chi connectivity index (χ0) is 17.6. The van der Waals surface area contributed by atoms with Crippen LogP contribution in [0.1, 0.15) is 17.0 Å². The third-order valence-corrected chi connectivity index (χ3v) is 4.38. The van der Waals surface area contributed by atoms with E-state index in [0.717, 1.165) is 0 Å². The van der Waals surface area contributed by atoms with Gasteiger partial charge in [0.1, 0.15) is 17.2 Å². The Hall–Kier alpha value is -3.23. The van der Waals surface area contributed by atoms with Crippen molar-refractivity contribution < 1.29 is 9.15 Å². The van der Waals surface area contributed by atoms with Crippen LogP contribution in [-0.2, 0) is 0 Å². The molecule has 0 aliphatic carbocycles. The SMILES string of the molecule is N#CC1=C(N)Oc2oc3ccccc3c(=O)c2[C@H]1c1cccc(Cl)c1. The number of hydrogen-bond acceptors (Lipinski definition) is 5. The summed E-state index contributed by atoms with van der Waals surface area (Å²) >= 11 is 6.09. The summed E-state index contributed by atoms with van der Waals surface area (Å²) in [6.45, 7) is 0. The molecular weight excluding hydrogens is 340 g/mol. The van der Waals surface area contributed by atoms with Gasteiger partial charge in [0.15, 0.2) is 0 Å². The molecule has 0 fully saturated rings. The van der Waals surface area contributed by atoms with Gasteiger partial charge in [-0.05, 0) is 29.8 Å². The second kappa shape index (κ2) is 5.69. The standard InChI is InChI=1S/C19H11ClN2O3/c20-11-5-3-4-10(8-11)15-13(9-21)18(22)25-19-16(15)17(23)12-6-1-2-7-14(12)24-19/h1-8,15H,22H2/t15-/m0/s1. The van der Waals surface area contributed by atoms with Gasteiger partial charge >= 0.3 is 0 Å². The average molecular weight is 351 g/mol. The van der Waals surface area contributed by atoms with E-state index in [-0.39, 0.29) is 28.4 Å². The molecule has 0 unspecified atom stereocenters. The maximum absolute atomic E-state index is 13.1. The molecule has 0 saturated carbocycles. The monoisotopic (exact) mass is 350 g/mol. The minimum absolute atomic E-state index is 0.00479. The summed E-state index contributed by atoms with van der Waals surface area (Å²) in [6, 6.07) is 15.8. The number of nitrogens with two attached hydrogens (primary N) is 1. The zero-order valence-corrected chi connectivity index (χ0v) is 13.6. The van der Waals surface area contributed by atoms with Crippen LogP contribution in [0.15, 0.2) is 69.2 Å². The molecular formula is C19H11ClN2O3. The molecule has 0 bridgehead atoms. The second-order valence-corrected chi connectivity index (χ2v) is 6.04. The fraction of sp³-hybridized carbons (Fsp3) is 0.0526. The topological polar surface area (TPSA) is 89.2 Å². The van der Waals surface area contributed by atoms with Crippen LogP contribution < -0.4 is 15.9 Å². The van der Waals surface area contributed by atoms with Crippen LogP contribution in [0.25, 0.3) is 11.0 Å². The van der Waals surface area contributed by atoms with Gasteiger partial charge in [0.2, 0.25) is 11.3 Å². The number of halogens is 1. The molecule has 1 aliphatic rings. The van der Waals surface area contributed by atoms with E-state index in [1.807, 2.05) is 6.07 Å². The van der Waals surface area contributed by atoms with Crippen molar-refractivity contribution in [3.05, 3.63) is 86.4 Å². The highest BCUT2D eigenvalue weighted by molar-refractivity contribution is 6.30. The van der Waals surface area contributed by atoms with E-state index in [4.69, 9.17) is 26.5 Å². The molecule has 122 valence electrons. The molecule has 0 spiro atoms. The Morgan fingerprint density at radius 1 is 1.16 bits per heavy atom. The highest BCUT2D eigenvalue weighted by Gasteiger charge is 2.35. The molecule has 1 aliphatic heterocycles. The Bertz CT molecular complexity index is 1140. The maximum Gasteiger partial charge on any atom is 0.300 e. The van der Waals surface area contributed by atoms with E-state index in [2.05, 4.69) is 0 Å². The van der Waals surface area contributed by atoms with Crippen LogP contribution in [-0.4, -0.2) is 0 Å². The molecule has 0 amide bonds. The highest BCUT2D eigenvalue weighted by Crippen LogP contribution is 2.41. The summed E-state index contributed by atoms with van der Waals surface area (Å²) in [5, 5.41) is 10.5. The average Bonchev–Trinajstić information content (AvgIpc) is 2.61. The fourth-order valence-electron chi connectivity index (χ4n) is 3.04. The van der Waals surface area contributed by atoms with Gasteiger partial charge < -0.3 is 14.9 Å². The van der Waals surface area contributed by atoms with Crippen LogP contribution in [0.3, 0.4) is 0 Å². The molecule has 0 saturated heterocycles. The molecule has 2 N–H and O–H groups in total. The molecule has 3 aromatic rings. The lowest BCUT2D eigenvalue weighted by molar-refractivity contribution is 0.296. The summed E-state index contributed by atoms with van der Waals surface area (Å²) < 4.78 is 11.2. The Morgan fingerprint density at radius 3 is 2.72 bits per heavy atom. The van der Waals surface area contributed by atoms with Crippen molar-refractivity contribution >= 4 is 22.6 Å². The Balaban J connectivity index is 2.08. The first-order valence-corrected chi connectivity index (χ1v) is 7.86. The molecule has 25 heavy (non-hydrogen) atoms. The quantitative estimate of drug-likeness (QED) is 0.723. The van der Waals surface area contributed by atoms with E-state index < -0.39 is 5.92 Å². The molecule has 6 heteroatoms. The van der Waals surface area contributed by atoms with Crippen LogP contribution in [0.5, 0.6) is 5.95 Å². The number of ether oxygens (including phenoxy) is 1. The molecule has 0 radical (unpaired) electrons. The maximum atomic E-state index is 13.1. The lowest BCUT2D eigenvalue weighted by atomic mass is 9.84. The van der Waals surface area contributed by atoms with E-state index in [0.29, 0.717) is 21.6 Å². The van der Waals surface area contributed by atoms with Gasteiger partial charge in [-0.25, -0.2) is 0 Å². The van der Waals surface area contributed by atoms with Gasteiger partial charge in [-0.2, -0.15) is 5.26 Å². The van der Waals surface area contributed by atoms with Crippen molar-refractivity contribution in [2.45, 2.75) is 5.92 Å². The van der Waals surface area contributed by atoms with Crippen LogP contribution >= 0.6 is 11.6 Å². The first kappa shape index (κ1) is 15.3. The van der Waals surface area contributed by atoms with E-state index >= 15 is 0 Å². The van der Waals surface area contributed by atoms with Crippen LogP contribution in [0.4, 0.5) is 0 Å². The van der Waals surface area contributed by atoms with Crippen LogP contribution in [0, 0.1) is 11.3 Å². The van der Waals surface area contributed by atoms with Crippen molar-refractivity contribution in [2.75, 3.05) is 0 Å². The van der Waals surface area contributed by atoms with Gasteiger partial charge in [0.25, 0.3) is 5.95 Å². The second-order valence-electron chi connectivity index (χ2n) is 5.61. The molecule has 1 aromatic heterocycles. The summed E-state index contributed by atoms with van der Waals surface area (Å²) in [4.78, 5) is 13.1. The first-order valence-electron chi connectivity index (χ1n) is 7.49. The lowest BCUT2D eigenvalue weighted by Gasteiger charge is -2.24. The van der Waals surface area contributed by atoms with Crippen molar-refractivity contribution in [2.24, 2.45) is 5.73 Å². The number of para-hydroxylation sites is 1. The van der Waals surface area contributed by atoms with Gasteiger partial charge in [0.05, 0.1) is 16.9 Å². The van der Waals surface area contributed by atoms with E-state index in [1.165, 1.54) is 0 Å². The third kappa shape index (κ3) is 2.35. The third-order valence-electron chi connectivity index (χ3n) is 4.15. The fourth-order valence-corrected chi connectivity index (χ4v) is 3.24. The highest BCUT2D eigenvalue weighted by atomic mass is 35.5. The van der Waals surface area contributed by atoms with E-state index in [1.54, 1.807) is 48.5 Å². The zero-order valence-electron chi connectivity index (χ0n) is 12.8. The van der Waals surface area contributed by atoms with Crippen molar-refractivity contribution in [1.29, 1.82) is 5.26 Å². The first-order chi connectivity index (χ1) is 12.1. The summed E-state index contributed by atoms with van der Waals surface area (Å²) in [5.41, 5.74) is 7.09. The molecule has 1 atom stereocenters. The predicted octanol–water partition coefficient (Wildman–Crippen LogP) is 3.66. The molecule has 5 nitrogen and oxygen atoms in total. The summed E-state index contributed by atoms with van der Waals surface area (Å²) in [6.07, 6.45) is 0. The smallest absolute Gasteiger partial charge is 0.300 e. The largest absolute Gasteiger partial charge is 0.425 e. The number of rotatable bonds is 1. The predicted molar refractivity (Wildman–Crippen MR) is 93.2 cm³/mol. The Kier molecular flexibility index (Phi) is 3.48. The summed E-state index contributed by atoms with van der Waals surface area (Å²) in [5.74, 6) is -0.781. The van der Waals surface area contributed by atoms with Crippen molar-refractivity contribution in [1.82, 2.24) is 0 Å². The van der Waals surface area contributed by atoms with Gasteiger partial charge in [-0.3, -0.25) is 4.79 Å². The molecule has 4 rings (SSSR count).